The summed E-state index contributed by atoms with van der Waals surface area (Å²) in [5.41, 5.74) is 11.2. The second-order valence-corrected chi connectivity index (χ2v) is 11.8. The molecule has 0 bridgehead atoms. The minimum absolute atomic E-state index is 0.537. The average molecular weight is 602 g/mol. The number of hydrogen-bond donors (Lipinski definition) is 0. The Morgan fingerprint density at radius 2 is 1.34 bits per heavy atom. The second-order valence-electron chi connectivity index (χ2n) is 11.8. The van der Waals surface area contributed by atoms with E-state index in [2.05, 4.69) is 83.4 Å². The predicted molar refractivity (Wildman–Crippen MR) is 188 cm³/mol. The highest BCUT2D eigenvalue weighted by atomic mass is 16.4. The molecule has 4 aromatic heterocycles. The smallest absolute Gasteiger partial charge is 0.309 e. The molecule has 4 heterocycles. The Labute approximate surface area is 268 Å². The van der Waals surface area contributed by atoms with E-state index in [1.165, 1.54) is 0 Å². The van der Waals surface area contributed by atoms with Crippen LogP contribution in [-0.4, -0.2) is 18.9 Å². The molecule has 0 N–H and O–H groups in total. The molecule has 0 spiro atoms. The van der Waals surface area contributed by atoms with Crippen LogP contribution >= 0.6 is 0 Å². The van der Waals surface area contributed by atoms with E-state index < -0.39 is 0 Å². The maximum Gasteiger partial charge on any atom is 0.309 e. The normalized spacial score (nSPS) is 11.8. The summed E-state index contributed by atoms with van der Waals surface area (Å²) in [6.07, 6.45) is 0. The molecule has 0 unspecified atom stereocenters. The molecule has 0 aliphatic heterocycles. The van der Waals surface area contributed by atoms with Crippen molar-refractivity contribution in [1.29, 1.82) is 5.26 Å². The van der Waals surface area contributed by atoms with Crippen molar-refractivity contribution >= 4 is 60.7 Å². The van der Waals surface area contributed by atoms with Gasteiger partial charge >= 0.3 is 5.84 Å². The van der Waals surface area contributed by atoms with Crippen molar-refractivity contribution in [1.82, 2.24) is 18.9 Å². The average Bonchev–Trinajstić information content (AvgIpc) is 3.79. The molecule has 47 heavy (non-hydrogen) atoms. The van der Waals surface area contributed by atoms with Gasteiger partial charge in [0, 0.05) is 32.8 Å². The van der Waals surface area contributed by atoms with Crippen LogP contribution in [0.3, 0.4) is 0 Å². The van der Waals surface area contributed by atoms with Crippen LogP contribution < -0.4 is 0 Å². The van der Waals surface area contributed by atoms with E-state index in [1.807, 2.05) is 71.1 Å². The molecule has 10 rings (SSSR count). The molecular weight excluding hydrogens is 578 g/mol. The van der Waals surface area contributed by atoms with Gasteiger partial charge in [-0.05, 0) is 65.7 Å². The van der Waals surface area contributed by atoms with Crippen molar-refractivity contribution in [2.75, 3.05) is 0 Å². The van der Waals surface area contributed by atoms with Gasteiger partial charge in [0.05, 0.1) is 33.9 Å². The van der Waals surface area contributed by atoms with E-state index in [4.69, 9.17) is 14.4 Å². The fraction of sp³-hybridized carbons (Fsp3) is 0. The van der Waals surface area contributed by atoms with Crippen molar-refractivity contribution in [3.8, 4) is 34.1 Å². The largest absolute Gasteiger partial charge is 0.423 e. The Kier molecular flexibility index (Phi) is 5.25. The van der Waals surface area contributed by atoms with Gasteiger partial charge in [0.15, 0.2) is 11.2 Å². The minimum atomic E-state index is 0.537. The number of fused-ring (bicyclic) bond motifs is 10. The van der Waals surface area contributed by atoms with Crippen molar-refractivity contribution in [3.63, 3.8) is 0 Å². The first-order valence-electron chi connectivity index (χ1n) is 15.5. The fourth-order valence-electron chi connectivity index (χ4n) is 7.04. The van der Waals surface area contributed by atoms with Crippen LogP contribution in [0, 0.1) is 11.3 Å². The van der Waals surface area contributed by atoms with Crippen molar-refractivity contribution < 1.29 is 4.42 Å². The van der Waals surface area contributed by atoms with Crippen LogP contribution in [0.5, 0.6) is 0 Å². The highest BCUT2D eigenvalue weighted by Gasteiger charge is 2.20. The van der Waals surface area contributed by atoms with E-state index in [1.54, 1.807) is 0 Å². The lowest BCUT2D eigenvalue weighted by atomic mass is 9.97. The summed E-state index contributed by atoms with van der Waals surface area (Å²) in [5.74, 6) is 0.537. The number of nitrogens with zero attached hydrogens (tertiary/aromatic N) is 5. The summed E-state index contributed by atoms with van der Waals surface area (Å²) in [6.45, 7) is 0. The first-order valence-corrected chi connectivity index (χ1v) is 15.5. The van der Waals surface area contributed by atoms with Crippen molar-refractivity contribution in [2.24, 2.45) is 0 Å². The number of oxazole rings is 1. The number of hydrogen-bond acceptors (Lipinski definition) is 4. The van der Waals surface area contributed by atoms with Gasteiger partial charge in [-0.3, -0.25) is 0 Å². The SMILES string of the molecule is N#Cc1ccc2c3cc(-c4cccc(-c5nc6c(nc7oc8ccccc8n76)c6ccccc56)c4)ccc3n(-c3ccccc3)c2c1. The van der Waals surface area contributed by atoms with Gasteiger partial charge in [0.1, 0.15) is 5.52 Å². The van der Waals surface area contributed by atoms with E-state index in [-0.39, 0.29) is 0 Å². The molecule has 0 amide bonds. The lowest BCUT2D eigenvalue weighted by molar-refractivity contribution is 0.643. The maximum atomic E-state index is 9.67. The van der Waals surface area contributed by atoms with Gasteiger partial charge in [-0.1, -0.05) is 84.9 Å². The molecule has 218 valence electrons. The number of pyridine rings is 1. The summed E-state index contributed by atoms with van der Waals surface area (Å²) in [7, 11) is 0. The molecule has 0 saturated heterocycles. The molecule has 0 aliphatic rings. The van der Waals surface area contributed by atoms with Gasteiger partial charge in [-0.2, -0.15) is 10.2 Å². The molecule has 6 nitrogen and oxygen atoms in total. The second kappa shape index (κ2) is 9.64. The number of imidazole rings is 1. The first kappa shape index (κ1) is 25.6. The summed E-state index contributed by atoms with van der Waals surface area (Å²) in [5, 5.41) is 14.0. The third-order valence-corrected chi connectivity index (χ3v) is 9.16. The molecule has 0 saturated carbocycles. The molecular formula is C41H23N5O. The van der Waals surface area contributed by atoms with E-state index >= 15 is 0 Å². The molecule has 0 radical (unpaired) electrons. The standard InChI is InChI=1S/C41H23N5O/c42-24-25-17-19-30-33-23-27(18-20-34(33)45(36(30)21-25)29-11-2-1-3-12-29)26-9-8-10-28(22-26)38-31-13-4-5-14-32(31)39-40(43-38)46-35-15-6-7-16-37(35)47-41(46)44-39/h1-23H. The topological polar surface area (TPSA) is 72.1 Å². The molecule has 6 heteroatoms. The lowest BCUT2D eigenvalue weighted by Crippen LogP contribution is -1.93. The van der Waals surface area contributed by atoms with E-state index in [9.17, 15) is 5.26 Å². The summed E-state index contributed by atoms with van der Waals surface area (Å²) >= 11 is 0. The van der Waals surface area contributed by atoms with Gasteiger partial charge in [-0.25, -0.2) is 9.38 Å². The summed E-state index contributed by atoms with van der Waals surface area (Å²) in [4.78, 5) is 10.2. The summed E-state index contributed by atoms with van der Waals surface area (Å²) < 4.78 is 10.4. The van der Waals surface area contributed by atoms with Crippen LogP contribution in [0.4, 0.5) is 0 Å². The van der Waals surface area contributed by atoms with Gasteiger partial charge in [0.2, 0.25) is 0 Å². The molecule has 0 fully saturated rings. The Morgan fingerprint density at radius 3 is 2.23 bits per heavy atom. The molecule has 10 aromatic rings. The zero-order valence-corrected chi connectivity index (χ0v) is 24.9. The quantitative estimate of drug-likeness (QED) is 0.202. The monoisotopic (exact) mass is 601 g/mol. The Morgan fingerprint density at radius 1 is 0.553 bits per heavy atom. The van der Waals surface area contributed by atoms with Crippen LogP contribution in [-0.2, 0) is 0 Å². The zero-order chi connectivity index (χ0) is 31.1. The number of aromatic nitrogens is 4. The van der Waals surface area contributed by atoms with Crippen LogP contribution in [0.25, 0.3) is 88.8 Å². The number of benzene rings is 6. The zero-order valence-electron chi connectivity index (χ0n) is 24.9. The van der Waals surface area contributed by atoms with E-state index in [0.29, 0.717) is 11.4 Å². The summed E-state index contributed by atoms with van der Waals surface area (Å²) in [6, 6.07) is 50.0. The predicted octanol–water partition coefficient (Wildman–Crippen LogP) is 10.1. The lowest BCUT2D eigenvalue weighted by Gasteiger charge is -2.10. The van der Waals surface area contributed by atoms with Gasteiger partial charge < -0.3 is 8.98 Å². The fourth-order valence-corrected chi connectivity index (χ4v) is 7.04. The Hall–Kier alpha value is -6.71. The van der Waals surface area contributed by atoms with Gasteiger partial charge in [-0.15, -0.1) is 0 Å². The van der Waals surface area contributed by atoms with Crippen molar-refractivity contribution in [3.05, 3.63) is 145 Å². The maximum absolute atomic E-state index is 9.67. The first-order chi connectivity index (χ1) is 23.2. The number of para-hydroxylation sites is 3. The third-order valence-electron chi connectivity index (χ3n) is 9.16. The molecule has 0 atom stereocenters. The number of nitriles is 1. The molecule has 0 aliphatic carbocycles. The van der Waals surface area contributed by atoms with Gasteiger partial charge in [0.25, 0.3) is 0 Å². The van der Waals surface area contributed by atoms with Crippen LogP contribution in [0.2, 0.25) is 0 Å². The van der Waals surface area contributed by atoms with Crippen LogP contribution in [0.1, 0.15) is 5.56 Å². The number of rotatable bonds is 3. The highest BCUT2D eigenvalue weighted by molar-refractivity contribution is 6.12. The molecule has 6 aromatic carbocycles. The Bertz CT molecular complexity index is 2920. The Balaban J connectivity index is 1.19. The third kappa shape index (κ3) is 3.71. The van der Waals surface area contributed by atoms with Crippen molar-refractivity contribution in [2.45, 2.75) is 0 Å². The van der Waals surface area contributed by atoms with Crippen LogP contribution in [0.15, 0.2) is 144 Å². The minimum Gasteiger partial charge on any atom is -0.423 e. The van der Waals surface area contributed by atoms with E-state index in [0.717, 1.165) is 82.9 Å². The highest BCUT2D eigenvalue weighted by Crippen LogP contribution is 2.38.